The maximum absolute atomic E-state index is 12.8. The van der Waals surface area contributed by atoms with Crippen LogP contribution in [0.3, 0.4) is 0 Å². The smallest absolute Gasteiger partial charge is 0.259 e. The van der Waals surface area contributed by atoms with Crippen molar-refractivity contribution in [2.24, 2.45) is 0 Å². The number of amides is 1. The minimum Gasteiger partial charge on any atom is -0.367 e. The van der Waals surface area contributed by atoms with Crippen LogP contribution in [0.2, 0.25) is 0 Å². The largest absolute Gasteiger partial charge is 0.367 e. The van der Waals surface area contributed by atoms with Gasteiger partial charge in [0.1, 0.15) is 5.82 Å². The Bertz CT molecular complexity index is 878. The Balaban J connectivity index is 1.83. The fourth-order valence-corrected chi connectivity index (χ4v) is 2.54. The van der Waals surface area contributed by atoms with Crippen molar-refractivity contribution in [3.8, 4) is 0 Å². The van der Waals surface area contributed by atoms with Gasteiger partial charge in [-0.1, -0.05) is 30.3 Å². The fraction of sp³-hybridized carbons (Fsp3) is 0.143. The molecule has 0 aliphatic heterocycles. The highest BCUT2D eigenvalue weighted by Gasteiger charge is 2.14. The van der Waals surface area contributed by atoms with Gasteiger partial charge in [0, 0.05) is 17.9 Å². The lowest BCUT2D eigenvalue weighted by Crippen LogP contribution is -2.19. The number of hydrogen-bond donors (Lipinski definition) is 3. The first-order valence-corrected chi connectivity index (χ1v) is 8.57. The van der Waals surface area contributed by atoms with Crippen molar-refractivity contribution in [3.05, 3.63) is 78.5 Å². The van der Waals surface area contributed by atoms with Crippen molar-refractivity contribution in [1.29, 1.82) is 0 Å². The molecular formula is C21H22N4O. The topological polar surface area (TPSA) is 66.0 Å². The average Bonchev–Trinajstić information content (AvgIpc) is 2.64. The molecular weight excluding hydrogens is 324 g/mol. The van der Waals surface area contributed by atoms with E-state index in [-0.39, 0.29) is 11.9 Å². The maximum Gasteiger partial charge on any atom is 0.259 e. The highest BCUT2D eigenvalue weighted by molar-refractivity contribution is 6.08. The van der Waals surface area contributed by atoms with Crippen molar-refractivity contribution in [2.75, 3.05) is 16.0 Å². The number of carbonyl (C=O) groups excluding carboxylic acids is 1. The van der Waals surface area contributed by atoms with E-state index in [4.69, 9.17) is 0 Å². The molecule has 5 heteroatoms. The van der Waals surface area contributed by atoms with Crippen molar-refractivity contribution in [3.63, 3.8) is 0 Å². The quantitative estimate of drug-likeness (QED) is 0.594. The Morgan fingerprint density at radius 2 is 1.58 bits per heavy atom. The Morgan fingerprint density at radius 1 is 0.885 bits per heavy atom. The van der Waals surface area contributed by atoms with E-state index in [1.165, 1.54) is 0 Å². The molecule has 0 saturated carbocycles. The third-order valence-corrected chi connectivity index (χ3v) is 3.71. The normalized spacial score (nSPS) is 10.4. The molecule has 0 saturated heterocycles. The standard InChI is InChI=1S/C21H22N4O/c1-15(2)23-20-17(11-8-14-22-20)21(26)25-19-13-7-6-12-18(19)24-16-9-4-3-5-10-16/h3-15,24H,1-2H3,(H,22,23)(H,25,26). The van der Waals surface area contributed by atoms with E-state index in [0.717, 1.165) is 11.4 Å². The van der Waals surface area contributed by atoms with Crippen LogP contribution < -0.4 is 16.0 Å². The Kier molecular flexibility index (Phi) is 5.49. The lowest BCUT2D eigenvalue weighted by atomic mass is 10.2. The number of para-hydroxylation sites is 3. The van der Waals surface area contributed by atoms with E-state index in [2.05, 4.69) is 20.9 Å². The second-order valence-electron chi connectivity index (χ2n) is 6.19. The second kappa shape index (κ2) is 8.16. The van der Waals surface area contributed by atoms with Crippen LogP contribution in [-0.4, -0.2) is 16.9 Å². The lowest BCUT2D eigenvalue weighted by Gasteiger charge is -2.15. The van der Waals surface area contributed by atoms with Crippen LogP contribution in [0.4, 0.5) is 22.9 Å². The summed E-state index contributed by atoms with van der Waals surface area (Å²) in [5, 5.41) is 9.52. The van der Waals surface area contributed by atoms with E-state index in [9.17, 15) is 4.79 Å². The predicted octanol–water partition coefficient (Wildman–Crippen LogP) is 4.90. The van der Waals surface area contributed by atoms with Crippen LogP contribution in [0.25, 0.3) is 0 Å². The van der Waals surface area contributed by atoms with Gasteiger partial charge in [-0.15, -0.1) is 0 Å². The molecule has 0 bridgehead atoms. The summed E-state index contributed by atoms with van der Waals surface area (Å²) in [6.07, 6.45) is 1.67. The summed E-state index contributed by atoms with van der Waals surface area (Å²) in [5.74, 6) is 0.372. The molecule has 3 N–H and O–H groups in total. The molecule has 3 rings (SSSR count). The first kappa shape index (κ1) is 17.5. The fourth-order valence-electron chi connectivity index (χ4n) is 2.54. The van der Waals surface area contributed by atoms with E-state index in [0.29, 0.717) is 17.1 Å². The summed E-state index contributed by atoms with van der Waals surface area (Å²) in [4.78, 5) is 17.1. The van der Waals surface area contributed by atoms with E-state index in [1.54, 1.807) is 18.3 Å². The summed E-state index contributed by atoms with van der Waals surface area (Å²) >= 11 is 0. The van der Waals surface area contributed by atoms with Crippen molar-refractivity contribution in [2.45, 2.75) is 19.9 Å². The number of anilines is 4. The summed E-state index contributed by atoms with van der Waals surface area (Å²) in [7, 11) is 0. The van der Waals surface area contributed by atoms with E-state index >= 15 is 0 Å². The average molecular weight is 346 g/mol. The summed E-state index contributed by atoms with van der Waals surface area (Å²) in [5.41, 5.74) is 3.00. The van der Waals surface area contributed by atoms with Crippen LogP contribution in [-0.2, 0) is 0 Å². The van der Waals surface area contributed by atoms with Gasteiger partial charge in [-0.3, -0.25) is 4.79 Å². The molecule has 0 radical (unpaired) electrons. The SMILES string of the molecule is CC(C)Nc1ncccc1C(=O)Nc1ccccc1Nc1ccccc1. The van der Waals surface area contributed by atoms with Crippen molar-refractivity contribution >= 4 is 28.8 Å². The number of benzene rings is 2. The number of nitrogens with one attached hydrogen (secondary N) is 3. The van der Waals surface area contributed by atoms with Gasteiger partial charge >= 0.3 is 0 Å². The molecule has 0 spiro atoms. The highest BCUT2D eigenvalue weighted by atomic mass is 16.1. The lowest BCUT2D eigenvalue weighted by molar-refractivity contribution is 0.102. The van der Waals surface area contributed by atoms with Gasteiger partial charge < -0.3 is 16.0 Å². The monoisotopic (exact) mass is 346 g/mol. The summed E-state index contributed by atoms with van der Waals surface area (Å²) in [6, 6.07) is 21.2. The minimum atomic E-state index is -0.205. The van der Waals surface area contributed by atoms with Gasteiger partial charge in [0.25, 0.3) is 5.91 Å². The van der Waals surface area contributed by atoms with Gasteiger partial charge in [-0.25, -0.2) is 4.98 Å². The molecule has 5 nitrogen and oxygen atoms in total. The molecule has 0 aliphatic carbocycles. The van der Waals surface area contributed by atoms with Gasteiger partial charge in [0.05, 0.1) is 16.9 Å². The van der Waals surface area contributed by atoms with Gasteiger partial charge in [-0.2, -0.15) is 0 Å². The van der Waals surface area contributed by atoms with Gasteiger partial charge in [-0.05, 0) is 50.2 Å². The predicted molar refractivity (Wildman–Crippen MR) is 107 cm³/mol. The van der Waals surface area contributed by atoms with Crippen LogP contribution in [0.5, 0.6) is 0 Å². The van der Waals surface area contributed by atoms with E-state index < -0.39 is 0 Å². The van der Waals surface area contributed by atoms with Gasteiger partial charge in [0.2, 0.25) is 0 Å². The maximum atomic E-state index is 12.8. The zero-order chi connectivity index (χ0) is 18.4. The molecule has 0 aliphatic rings. The number of aromatic nitrogens is 1. The Morgan fingerprint density at radius 3 is 2.31 bits per heavy atom. The van der Waals surface area contributed by atoms with Crippen molar-refractivity contribution in [1.82, 2.24) is 4.98 Å². The summed E-state index contributed by atoms with van der Waals surface area (Å²) < 4.78 is 0. The number of hydrogen-bond acceptors (Lipinski definition) is 4. The third-order valence-electron chi connectivity index (χ3n) is 3.71. The van der Waals surface area contributed by atoms with Crippen LogP contribution >= 0.6 is 0 Å². The molecule has 1 heterocycles. The Hall–Kier alpha value is -3.34. The molecule has 0 atom stereocenters. The van der Waals surface area contributed by atoms with Gasteiger partial charge in [0.15, 0.2) is 0 Å². The first-order valence-electron chi connectivity index (χ1n) is 8.57. The summed E-state index contributed by atoms with van der Waals surface area (Å²) in [6.45, 7) is 4.02. The van der Waals surface area contributed by atoms with Crippen LogP contribution in [0, 0.1) is 0 Å². The molecule has 132 valence electrons. The molecule has 0 unspecified atom stereocenters. The first-order chi connectivity index (χ1) is 12.6. The molecule has 0 fully saturated rings. The number of pyridine rings is 1. The Labute approximate surface area is 153 Å². The number of carbonyl (C=O) groups is 1. The van der Waals surface area contributed by atoms with Crippen LogP contribution in [0.1, 0.15) is 24.2 Å². The molecule has 3 aromatic rings. The number of rotatable bonds is 6. The highest BCUT2D eigenvalue weighted by Crippen LogP contribution is 2.26. The molecule has 1 amide bonds. The zero-order valence-corrected chi connectivity index (χ0v) is 14.9. The van der Waals surface area contributed by atoms with Crippen LogP contribution in [0.15, 0.2) is 72.9 Å². The molecule has 2 aromatic carbocycles. The minimum absolute atomic E-state index is 0.184. The molecule has 1 aromatic heterocycles. The molecule has 26 heavy (non-hydrogen) atoms. The third kappa shape index (κ3) is 4.39. The van der Waals surface area contributed by atoms with Crippen molar-refractivity contribution < 1.29 is 4.79 Å². The van der Waals surface area contributed by atoms with E-state index in [1.807, 2.05) is 68.4 Å². The zero-order valence-electron chi connectivity index (χ0n) is 14.9. The second-order valence-corrected chi connectivity index (χ2v) is 6.19. The number of nitrogens with zero attached hydrogens (tertiary/aromatic N) is 1.